The van der Waals surface area contributed by atoms with Crippen LogP contribution in [0.4, 0.5) is 0 Å². The number of aliphatic hydroxyl groups excluding tert-OH is 1. The highest BCUT2D eigenvalue weighted by molar-refractivity contribution is 5.81. The second-order valence-electron chi connectivity index (χ2n) is 3.95. The zero-order valence-electron chi connectivity index (χ0n) is 8.23. The van der Waals surface area contributed by atoms with Crippen molar-refractivity contribution in [2.45, 2.75) is 19.9 Å². The predicted octanol–water partition coefficient (Wildman–Crippen LogP) is -0.580. The Bertz CT molecular complexity index is 194. The fraction of sp³-hybridized carbons (Fsp3) is 0.889. The molecule has 0 bridgehead atoms. The van der Waals surface area contributed by atoms with Crippen molar-refractivity contribution in [3.63, 3.8) is 0 Å². The van der Waals surface area contributed by atoms with Gasteiger partial charge in [0.1, 0.15) is 0 Å². The third-order valence-corrected chi connectivity index (χ3v) is 2.70. The van der Waals surface area contributed by atoms with Gasteiger partial charge in [0.05, 0.1) is 6.04 Å². The third-order valence-electron chi connectivity index (χ3n) is 2.70. The van der Waals surface area contributed by atoms with E-state index in [1.165, 1.54) is 0 Å². The number of hydrogen-bond acceptors (Lipinski definition) is 3. The Morgan fingerprint density at radius 3 is 2.69 bits per heavy atom. The van der Waals surface area contributed by atoms with Crippen LogP contribution in [0.2, 0.25) is 0 Å². The van der Waals surface area contributed by atoms with Gasteiger partial charge in [-0.05, 0) is 12.8 Å². The Morgan fingerprint density at radius 2 is 2.31 bits per heavy atom. The Kier molecular flexibility index (Phi) is 3.27. The molecule has 1 aliphatic heterocycles. The lowest BCUT2D eigenvalue weighted by Gasteiger charge is -2.18. The topological polar surface area (TPSA) is 66.6 Å². The summed E-state index contributed by atoms with van der Waals surface area (Å²) in [6, 6.07) is -0.426. The second-order valence-corrected chi connectivity index (χ2v) is 3.95. The zero-order valence-corrected chi connectivity index (χ0v) is 8.23. The van der Waals surface area contributed by atoms with E-state index in [-0.39, 0.29) is 18.4 Å². The molecule has 0 aromatic rings. The van der Waals surface area contributed by atoms with E-state index in [0.717, 1.165) is 6.54 Å². The number of nitrogens with zero attached hydrogens (tertiary/aromatic N) is 1. The molecule has 3 N–H and O–H groups in total. The molecule has 0 unspecified atom stereocenters. The number of hydrogen-bond donors (Lipinski definition) is 2. The van der Waals surface area contributed by atoms with Crippen LogP contribution in [0.15, 0.2) is 0 Å². The molecule has 13 heavy (non-hydrogen) atoms. The Hall–Kier alpha value is -0.610. The highest BCUT2D eigenvalue weighted by Gasteiger charge is 2.32. The Balaban J connectivity index is 2.53. The number of rotatable bonds is 2. The smallest absolute Gasteiger partial charge is 0.239 e. The van der Waals surface area contributed by atoms with Crippen LogP contribution >= 0.6 is 0 Å². The van der Waals surface area contributed by atoms with Crippen LogP contribution in [0, 0.1) is 11.8 Å². The van der Waals surface area contributed by atoms with Gasteiger partial charge in [0.25, 0.3) is 0 Å². The van der Waals surface area contributed by atoms with E-state index in [9.17, 15) is 4.79 Å². The van der Waals surface area contributed by atoms with Gasteiger partial charge in [-0.3, -0.25) is 4.79 Å². The molecule has 1 saturated heterocycles. The summed E-state index contributed by atoms with van der Waals surface area (Å²) in [6.07, 6.45) is 0. The molecule has 3 atom stereocenters. The minimum absolute atomic E-state index is 0.0113. The van der Waals surface area contributed by atoms with Crippen molar-refractivity contribution in [1.29, 1.82) is 0 Å². The maximum atomic E-state index is 11.5. The lowest BCUT2D eigenvalue weighted by molar-refractivity contribution is -0.131. The standard InChI is InChI=1S/C9H18N2O2/c1-6-3-11(4-8(6)5-12)9(13)7(2)10/h6-8,12H,3-5,10H2,1-2H3/t6-,7-,8+/m0/s1. The molecule has 1 fully saturated rings. The summed E-state index contributed by atoms with van der Waals surface area (Å²) < 4.78 is 0. The van der Waals surface area contributed by atoms with Crippen LogP contribution in [0.1, 0.15) is 13.8 Å². The number of likely N-dealkylation sites (tertiary alicyclic amines) is 1. The molecule has 0 aromatic carbocycles. The highest BCUT2D eigenvalue weighted by atomic mass is 16.3. The van der Waals surface area contributed by atoms with Crippen molar-refractivity contribution < 1.29 is 9.90 Å². The molecular weight excluding hydrogens is 168 g/mol. The predicted molar refractivity (Wildman–Crippen MR) is 50.0 cm³/mol. The lowest BCUT2D eigenvalue weighted by atomic mass is 10.00. The van der Waals surface area contributed by atoms with Crippen molar-refractivity contribution >= 4 is 5.91 Å². The molecular formula is C9H18N2O2. The second kappa shape index (κ2) is 4.07. The van der Waals surface area contributed by atoms with E-state index in [2.05, 4.69) is 6.92 Å². The van der Waals surface area contributed by atoms with Gasteiger partial charge < -0.3 is 15.7 Å². The number of carbonyl (C=O) groups excluding carboxylic acids is 1. The molecule has 0 saturated carbocycles. The van der Waals surface area contributed by atoms with Crippen molar-refractivity contribution in [1.82, 2.24) is 4.90 Å². The molecule has 0 radical (unpaired) electrons. The molecule has 76 valence electrons. The SMILES string of the molecule is C[C@H](N)C(=O)N1C[C@H](CO)[C@@H](C)C1. The van der Waals surface area contributed by atoms with Gasteiger partial charge in [-0.15, -0.1) is 0 Å². The van der Waals surface area contributed by atoms with Gasteiger partial charge in [0.15, 0.2) is 0 Å². The molecule has 0 spiro atoms. The number of amides is 1. The largest absolute Gasteiger partial charge is 0.396 e. The summed E-state index contributed by atoms with van der Waals surface area (Å²) in [5, 5.41) is 9.01. The van der Waals surface area contributed by atoms with E-state index < -0.39 is 6.04 Å². The first kappa shape index (κ1) is 10.5. The van der Waals surface area contributed by atoms with Crippen molar-refractivity contribution in [2.75, 3.05) is 19.7 Å². The van der Waals surface area contributed by atoms with Crippen LogP contribution in [-0.4, -0.2) is 41.7 Å². The maximum Gasteiger partial charge on any atom is 0.239 e. The van der Waals surface area contributed by atoms with Gasteiger partial charge in [0.2, 0.25) is 5.91 Å². The van der Waals surface area contributed by atoms with E-state index >= 15 is 0 Å². The van der Waals surface area contributed by atoms with E-state index in [0.29, 0.717) is 12.5 Å². The van der Waals surface area contributed by atoms with Gasteiger partial charge in [0, 0.05) is 25.6 Å². The summed E-state index contributed by atoms with van der Waals surface area (Å²) in [4.78, 5) is 13.2. The van der Waals surface area contributed by atoms with Crippen LogP contribution in [0.3, 0.4) is 0 Å². The van der Waals surface area contributed by atoms with Gasteiger partial charge in [-0.1, -0.05) is 6.92 Å². The first-order chi connectivity index (χ1) is 6.06. The average molecular weight is 186 g/mol. The highest BCUT2D eigenvalue weighted by Crippen LogP contribution is 2.22. The van der Waals surface area contributed by atoms with Crippen LogP contribution in [-0.2, 0) is 4.79 Å². The molecule has 1 aliphatic rings. The third kappa shape index (κ3) is 2.19. The molecule has 4 heteroatoms. The summed E-state index contributed by atoms with van der Waals surface area (Å²) in [7, 11) is 0. The van der Waals surface area contributed by atoms with Crippen LogP contribution in [0.5, 0.6) is 0 Å². The fourth-order valence-electron chi connectivity index (χ4n) is 1.74. The maximum absolute atomic E-state index is 11.5. The molecule has 0 aromatic heterocycles. The van der Waals surface area contributed by atoms with E-state index in [4.69, 9.17) is 10.8 Å². The van der Waals surface area contributed by atoms with Crippen LogP contribution < -0.4 is 5.73 Å². The summed E-state index contributed by atoms with van der Waals surface area (Å²) in [6.45, 7) is 5.28. The number of carbonyl (C=O) groups is 1. The summed E-state index contributed by atoms with van der Waals surface area (Å²) in [5.74, 6) is 0.596. The van der Waals surface area contributed by atoms with Gasteiger partial charge >= 0.3 is 0 Å². The normalized spacial score (nSPS) is 30.6. The molecule has 1 heterocycles. The lowest BCUT2D eigenvalue weighted by Crippen LogP contribution is -2.41. The molecule has 0 aliphatic carbocycles. The van der Waals surface area contributed by atoms with Crippen molar-refractivity contribution in [3.8, 4) is 0 Å². The van der Waals surface area contributed by atoms with E-state index in [1.54, 1.807) is 11.8 Å². The first-order valence-electron chi connectivity index (χ1n) is 4.71. The molecule has 1 rings (SSSR count). The van der Waals surface area contributed by atoms with E-state index in [1.807, 2.05) is 0 Å². The zero-order chi connectivity index (χ0) is 10.0. The fourth-order valence-corrected chi connectivity index (χ4v) is 1.74. The molecule has 1 amide bonds. The average Bonchev–Trinajstić information content (AvgIpc) is 2.45. The summed E-state index contributed by atoms with van der Waals surface area (Å²) >= 11 is 0. The Morgan fingerprint density at radius 1 is 1.69 bits per heavy atom. The van der Waals surface area contributed by atoms with Crippen molar-refractivity contribution in [3.05, 3.63) is 0 Å². The number of nitrogens with two attached hydrogens (primary N) is 1. The summed E-state index contributed by atoms with van der Waals surface area (Å²) in [5.41, 5.74) is 5.49. The minimum atomic E-state index is -0.426. The monoisotopic (exact) mass is 186 g/mol. The number of aliphatic hydroxyl groups is 1. The minimum Gasteiger partial charge on any atom is -0.396 e. The van der Waals surface area contributed by atoms with Gasteiger partial charge in [-0.2, -0.15) is 0 Å². The molecule has 4 nitrogen and oxygen atoms in total. The van der Waals surface area contributed by atoms with Gasteiger partial charge in [-0.25, -0.2) is 0 Å². The van der Waals surface area contributed by atoms with Crippen LogP contribution in [0.25, 0.3) is 0 Å². The quantitative estimate of drug-likeness (QED) is 0.606. The van der Waals surface area contributed by atoms with Crippen molar-refractivity contribution in [2.24, 2.45) is 17.6 Å². The first-order valence-corrected chi connectivity index (χ1v) is 4.71. The Labute approximate surface area is 78.7 Å².